The molecule has 0 aliphatic heterocycles. The maximum atomic E-state index is 13.8. The summed E-state index contributed by atoms with van der Waals surface area (Å²) >= 11 is 0. The van der Waals surface area contributed by atoms with Gasteiger partial charge in [0.05, 0.1) is 27.6 Å². The van der Waals surface area contributed by atoms with Crippen LogP contribution in [-0.4, -0.2) is 28.8 Å². The van der Waals surface area contributed by atoms with E-state index in [2.05, 4.69) is 4.98 Å². The highest BCUT2D eigenvalue weighted by Crippen LogP contribution is 2.39. The van der Waals surface area contributed by atoms with Gasteiger partial charge in [0, 0.05) is 11.8 Å². The predicted molar refractivity (Wildman–Crippen MR) is 137 cm³/mol. The summed E-state index contributed by atoms with van der Waals surface area (Å²) < 4.78 is 67.7. The second-order valence-electron chi connectivity index (χ2n) is 9.35. The third-order valence-corrected chi connectivity index (χ3v) is 7.90. The van der Waals surface area contributed by atoms with Crippen LogP contribution in [0.15, 0.2) is 77.8 Å². The molecule has 1 N–H and O–H groups in total. The van der Waals surface area contributed by atoms with Gasteiger partial charge >= 0.3 is 6.18 Å². The van der Waals surface area contributed by atoms with Crippen LogP contribution in [0.3, 0.4) is 0 Å². The molecule has 0 unspecified atom stereocenters. The first-order valence-electron chi connectivity index (χ1n) is 11.7. The molecule has 4 rings (SSSR count). The highest BCUT2D eigenvalue weighted by Gasteiger charge is 2.35. The number of rotatable bonds is 6. The van der Waals surface area contributed by atoms with Gasteiger partial charge in [-0.25, -0.2) is 13.4 Å². The summed E-state index contributed by atoms with van der Waals surface area (Å²) in [6.07, 6.45) is -3.05. The largest absolute Gasteiger partial charge is 0.417 e. The Morgan fingerprint density at radius 2 is 1.62 bits per heavy atom. The fourth-order valence-corrected chi connectivity index (χ4v) is 5.04. The fraction of sp³-hybridized carbons (Fsp3) is 0.250. The number of hydrogen-bond acceptors (Lipinski definition) is 4. The molecule has 1 heterocycles. The van der Waals surface area contributed by atoms with E-state index in [1.54, 1.807) is 54.1 Å². The van der Waals surface area contributed by atoms with Gasteiger partial charge in [0.1, 0.15) is 11.4 Å². The maximum Gasteiger partial charge on any atom is 0.417 e. The summed E-state index contributed by atoms with van der Waals surface area (Å²) in [5, 5.41) is 10.6. The number of benzene rings is 3. The van der Waals surface area contributed by atoms with Crippen molar-refractivity contribution in [3.05, 3.63) is 89.7 Å². The summed E-state index contributed by atoms with van der Waals surface area (Å²) in [5.74, 6) is 0.0396. The monoisotopic (exact) mass is 528 g/mol. The van der Waals surface area contributed by atoms with Gasteiger partial charge in [-0.1, -0.05) is 43.3 Å². The van der Waals surface area contributed by atoms with Crippen LogP contribution in [-0.2, 0) is 21.6 Å². The number of aromatic nitrogens is 2. The SMILES string of the molecule is CCS(=O)(=O)c1cccc(-c2ccc(-n3cc(C(C)(C)O)nc3-c3ccccc3C(F)(F)F)c(C)c2)c1. The molecule has 0 fully saturated rings. The van der Waals surface area contributed by atoms with E-state index in [0.29, 0.717) is 11.3 Å². The average molecular weight is 529 g/mol. The number of hydrogen-bond donors (Lipinski definition) is 1. The zero-order valence-corrected chi connectivity index (χ0v) is 21.7. The number of sulfone groups is 1. The molecule has 194 valence electrons. The second kappa shape index (κ2) is 9.46. The third kappa shape index (κ3) is 5.33. The first-order chi connectivity index (χ1) is 17.2. The molecule has 4 aromatic rings. The summed E-state index contributed by atoms with van der Waals surface area (Å²) in [6, 6.07) is 17.2. The first-order valence-corrected chi connectivity index (χ1v) is 13.3. The molecule has 0 spiro atoms. The van der Waals surface area contributed by atoms with Gasteiger partial charge in [0.15, 0.2) is 9.84 Å². The second-order valence-corrected chi connectivity index (χ2v) is 11.6. The molecule has 9 heteroatoms. The standard InChI is InChI=1S/C28H27F3N2O3S/c1-5-37(35,36)21-10-8-9-19(16-21)20-13-14-24(18(2)15-20)33-17-25(27(3,4)34)32-26(33)22-11-6-7-12-23(22)28(29,30)31/h6-17,34H,5H2,1-4H3. The quantitative estimate of drug-likeness (QED) is 0.308. The van der Waals surface area contributed by atoms with Gasteiger partial charge in [-0.3, -0.25) is 4.57 Å². The van der Waals surface area contributed by atoms with Gasteiger partial charge in [0.2, 0.25) is 0 Å². The predicted octanol–water partition coefficient (Wildman–Crippen LogP) is 6.55. The lowest BCUT2D eigenvalue weighted by molar-refractivity contribution is -0.137. The highest BCUT2D eigenvalue weighted by atomic mass is 32.2. The van der Waals surface area contributed by atoms with Gasteiger partial charge in [-0.2, -0.15) is 13.2 Å². The van der Waals surface area contributed by atoms with E-state index in [-0.39, 0.29) is 27.7 Å². The maximum absolute atomic E-state index is 13.8. The number of aliphatic hydroxyl groups is 1. The average Bonchev–Trinajstić information content (AvgIpc) is 3.29. The van der Waals surface area contributed by atoms with Crippen LogP contribution >= 0.6 is 0 Å². The molecule has 0 aliphatic carbocycles. The molecule has 0 amide bonds. The van der Waals surface area contributed by atoms with E-state index in [0.717, 1.165) is 17.2 Å². The molecule has 5 nitrogen and oxygen atoms in total. The summed E-state index contributed by atoms with van der Waals surface area (Å²) in [5.41, 5.74) is 0.678. The van der Waals surface area contributed by atoms with E-state index in [1.165, 1.54) is 32.0 Å². The minimum Gasteiger partial charge on any atom is -0.384 e. The zero-order valence-electron chi connectivity index (χ0n) is 20.8. The van der Waals surface area contributed by atoms with E-state index < -0.39 is 27.2 Å². The van der Waals surface area contributed by atoms with Gasteiger partial charge < -0.3 is 5.11 Å². The van der Waals surface area contributed by atoms with Crippen LogP contribution in [0, 0.1) is 6.92 Å². The molecule has 0 aliphatic rings. The van der Waals surface area contributed by atoms with Crippen molar-refractivity contribution >= 4 is 9.84 Å². The van der Waals surface area contributed by atoms with E-state index in [1.807, 2.05) is 13.0 Å². The Morgan fingerprint density at radius 3 is 2.24 bits per heavy atom. The number of halogens is 3. The van der Waals surface area contributed by atoms with Gasteiger partial charge in [-0.15, -0.1) is 0 Å². The minimum atomic E-state index is -4.59. The topological polar surface area (TPSA) is 72.2 Å². The van der Waals surface area contributed by atoms with Crippen LogP contribution < -0.4 is 0 Å². The third-order valence-electron chi connectivity index (χ3n) is 6.17. The lowest BCUT2D eigenvalue weighted by atomic mass is 10.0. The molecular weight excluding hydrogens is 501 g/mol. The number of nitrogens with zero attached hydrogens (tertiary/aromatic N) is 2. The van der Waals surface area contributed by atoms with Crippen molar-refractivity contribution in [2.24, 2.45) is 0 Å². The Bertz CT molecular complexity index is 1570. The normalized spacial score (nSPS) is 12.6. The van der Waals surface area contributed by atoms with Crippen molar-refractivity contribution in [1.29, 1.82) is 0 Å². The highest BCUT2D eigenvalue weighted by molar-refractivity contribution is 7.91. The lowest BCUT2D eigenvalue weighted by Gasteiger charge is -2.16. The molecule has 0 atom stereocenters. The molecule has 37 heavy (non-hydrogen) atoms. The lowest BCUT2D eigenvalue weighted by Crippen LogP contribution is -2.15. The van der Waals surface area contributed by atoms with E-state index in [9.17, 15) is 26.7 Å². The number of aryl methyl sites for hydroxylation is 1. The summed E-state index contributed by atoms with van der Waals surface area (Å²) in [6.45, 7) is 6.44. The first kappa shape index (κ1) is 26.6. The van der Waals surface area contributed by atoms with Crippen LogP contribution in [0.4, 0.5) is 13.2 Å². The Kier molecular flexibility index (Phi) is 6.81. The Morgan fingerprint density at radius 1 is 0.946 bits per heavy atom. The van der Waals surface area contributed by atoms with Crippen molar-refractivity contribution in [3.63, 3.8) is 0 Å². The van der Waals surface area contributed by atoms with Crippen molar-refractivity contribution in [2.45, 2.75) is 44.4 Å². The number of imidazole rings is 1. The van der Waals surface area contributed by atoms with Crippen molar-refractivity contribution < 1.29 is 26.7 Å². The summed E-state index contributed by atoms with van der Waals surface area (Å²) in [4.78, 5) is 4.64. The Hall–Kier alpha value is -3.43. The smallest absolute Gasteiger partial charge is 0.384 e. The molecule has 0 bridgehead atoms. The van der Waals surface area contributed by atoms with Crippen LogP contribution in [0.5, 0.6) is 0 Å². The molecule has 1 aromatic heterocycles. The molecular formula is C28H27F3N2O3S. The Balaban J connectivity index is 1.88. The van der Waals surface area contributed by atoms with Gasteiger partial charge in [0.25, 0.3) is 0 Å². The van der Waals surface area contributed by atoms with Crippen LogP contribution in [0.2, 0.25) is 0 Å². The van der Waals surface area contributed by atoms with Crippen molar-refractivity contribution in [1.82, 2.24) is 9.55 Å². The molecule has 0 saturated heterocycles. The zero-order chi connectivity index (χ0) is 27.2. The van der Waals surface area contributed by atoms with Crippen molar-refractivity contribution in [3.8, 4) is 28.2 Å². The van der Waals surface area contributed by atoms with Crippen LogP contribution in [0.1, 0.15) is 37.6 Å². The van der Waals surface area contributed by atoms with E-state index >= 15 is 0 Å². The van der Waals surface area contributed by atoms with Crippen molar-refractivity contribution in [2.75, 3.05) is 5.75 Å². The molecule has 0 saturated carbocycles. The fourth-order valence-electron chi connectivity index (χ4n) is 4.12. The van der Waals surface area contributed by atoms with Crippen LogP contribution in [0.25, 0.3) is 28.2 Å². The minimum absolute atomic E-state index is 0.0131. The number of alkyl halides is 3. The molecule has 0 radical (unpaired) electrons. The van der Waals surface area contributed by atoms with E-state index in [4.69, 9.17) is 0 Å². The van der Waals surface area contributed by atoms with Gasteiger partial charge in [-0.05, 0) is 67.8 Å². The summed E-state index contributed by atoms with van der Waals surface area (Å²) in [7, 11) is -3.38. The Labute approximate surface area is 214 Å². The molecule has 3 aromatic carbocycles.